The van der Waals surface area contributed by atoms with Crippen molar-refractivity contribution in [2.24, 2.45) is 0 Å². The highest BCUT2D eigenvalue weighted by Gasteiger charge is 2.34. The number of anilines is 2. The van der Waals surface area contributed by atoms with Crippen LogP contribution in [0.15, 0.2) is 36.9 Å². The first-order valence-corrected chi connectivity index (χ1v) is 14.5. The predicted octanol–water partition coefficient (Wildman–Crippen LogP) is 5.52. The summed E-state index contributed by atoms with van der Waals surface area (Å²) < 4.78 is 35.6. The number of hydrogen-bond acceptors (Lipinski definition) is 8. The molecule has 1 aromatic carbocycles. The predicted molar refractivity (Wildman–Crippen MR) is 159 cm³/mol. The van der Waals surface area contributed by atoms with Gasteiger partial charge in [0.25, 0.3) is 5.92 Å². The lowest BCUT2D eigenvalue weighted by Crippen LogP contribution is -2.43. The van der Waals surface area contributed by atoms with Crippen molar-refractivity contribution in [3.63, 3.8) is 0 Å². The van der Waals surface area contributed by atoms with Crippen LogP contribution in [0.2, 0.25) is 0 Å². The van der Waals surface area contributed by atoms with E-state index in [-0.39, 0.29) is 5.69 Å². The SMILES string of the molecule is COc1ncnc(C2CC2)c1-c1ncc2c(n1)N(Cc1ccc3c(c1)CCCn1cc(C(C)(F)F)nc1-3)CC(=S)N2C. The van der Waals surface area contributed by atoms with Gasteiger partial charge < -0.3 is 19.1 Å². The maximum absolute atomic E-state index is 14.0. The molecule has 0 bridgehead atoms. The Bertz CT molecular complexity index is 1710. The first-order valence-electron chi connectivity index (χ1n) is 14.1. The minimum atomic E-state index is -2.98. The number of thiocarbonyl (C=S) groups is 1. The molecule has 12 heteroatoms. The summed E-state index contributed by atoms with van der Waals surface area (Å²) in [5, 5.41) is 0. The number of nitrogens with zero attached hydrogens (tertiary/aromatic N) is 8. The summed E-state index contributed by atoms with van der Waals surface area (Å²) in [7, 11) is 3.53. The van der Waals surface area contributed by atoms with Crippen LogP contribution >= 0.6 is 12.2 Å². The summed E-state index contributed by atoms with van der Waals surface area (Å²) in [5.74, 6) is -0.271. The van der Waals surface area contributed by atoms with Crippen LogP contribution < -0.4 is 14.5 Å². The molecule has 42 heavy (non-hydrogen) atoms. The number of fused-ring (bicyclic) bond motifs is 4. The van der Waals surface area contributed by atoms with E-state index < -0.39 is 5.92 Å². The summed E-state index contributed by atoms with van der Waals surface area (Å²) >= 11 is 5.73. The number of aromatic nitrogens is 6. The second-order valence-electron chi connectivity index (χ2n) is 11.3. The van der Waals surface area contributed by atoms with Crippen molar-refractivity contribution in [3.05, 3.63) is 59.4 Å². The lowest BCUT2D eigenvalue weighted by Gasteiger charge is -2.36. The second kappa shape index (κ2) is 10.0. The number of benzene rings is 1. The Morgan fingerprint density at radius 3 is 2.74 bits per heavy atom. The molecule has 1 saturated carbocycles. The molecule has 1 aliphatic carbocycles. The quantitative estimate of drug-likeness (QED) is 0.270. The Balaban J connectivity index is 1.25. The molecule has 2 aliphatic heterocycles. The number of alkyl halides is 2. The van der Waals surface area contributed by atoms with Gasteiger partial charge in [-0.05, 0) is 36.8 Å². The maximum atomic E-state index is 14.0. The normalized spacial score (nSPS) is 16.5. The minimum absolute atomic E-state index is 0.197. The summed E-state index contributed by atoms with van der Waals surface area (Å²) in [6.45, 7) is 2.62. The second-order valence-corrected chi connectivity index (χ2v) is 11.7. The van der Waals surface area contributed by atoms with Gasteiger partial charge >= 0.3 is 0 Å². The van der Waals surface area contributed by atoms with Gasteiger partial charge in [0, 0.05) is 44.7 Å². The molecule has 0 radical (unpaired) electrons. The molecule has 9 nitrogen and oxygen atoms in total. The lowest BCUT2D eigenvalue weighted by molar-refractivity contribution is 0.0131. The molecule has 0 amide bonds. The molecule has 7 rings (SSSR count). The van der Waals surface area contributed by atoms with E-state index in [4.69, 9.17) is 26.9 Å². The van der Waals surface area contributed by atoms with E-state index in [1.165, 1.54) is 12.5 Å². The summed E-state index contributed by atoms with van der Waals surface area (Å²) in [4.78, 5) is 27.9. The van der Waals surface area contributed by atoms with E-state index in [2.05, 4.69) is 25.9 Å². The van der Waals surface area contributed by atoms with Crippen molar-refractivity contribution in [3.8, 4) is 28.7 Å². The monoisotopic (exact) mass is 588 g/mol. The Morgan fingerprint density at radius 1 is 1.14 bits per heavy atom. The number of methoxy groups -OCH3 is 1. The van der Waals surface area contributed by atoms with Crippen LogP contribution in [0, 0.1) is 0 Å². The molecule has 1 fully saturated rings. The molecule has 3 aromatic heterocycles. The highest BCUT2D eigenvalue weighted by molar-refractivity contribution is 7.80. The molecule has 0 N–H and O–H groups in total. The highest BCUT2D eigenvalue weighted by atomic mass is 32.1. The molecule has 5 heterocycles. The Kier molecular flexibility index (Phi) is 6.41. The third-order valence-electron chi connectivity index (χ3n) is 8.19. The van der Waals surface area contributed by atoms with E-state index >= 15 is 0 Å². The number of rotatable bonds is 6. The Hall–Kier alpha value is -4.06. The number of imidazole rings is 1. The third-order valence-corrected chi connectivity index (χ3v) is 8.59. The van der Waals surface area contributed by atoms with E-state index in [9.17, 15) is 8.78 Å². The smallest absolute Gasteiger partial charge is 0.288 e. The average Bonchev–Trinajstić information content (AvgIpc) is 3.76. The van der Waals surface area contributed by atoms with Crippen LogP contribution in [-0.2, 0) is 25.4 Å². The van der Waals surface area contributed by atoms with Crippen LogP contribution in [-0.4, -0.2) is 55.2 Å². The molecule has 216 valence electrons. The molecule has 4 aromatic rings. The molecular weight excluding hydrogens is 558 g/mol. The molecule has 0 saturated heterocycles. The average molecular weight is 589 g/mol. The fourth-order valence-corrected chi connectivity index (χ4v) is 6.08. The molecule has 3 aliphatic rings. The topological polar surface area (TPSA) is 85.1 Å². The van der Waals surface area contributed by atoms with Crippen molar-refractivity contribution in [1.82, 2.24) is 29.5 Å². The zero-order valence-electron chi connectivity index (χ0n) is 23.6. The third kappa shape index (κ3) is 4.67. The van der Waals surface area contributed by atoms with Gasteiger partial charge in [-0.3, -0.25) is 0 Å². The number of aryl methyl sites for hydroxylation is 2. The van der Waals surface area contributed by atoms with E-state index in [0.29, 0.717) is 43.1 Å². The van der Waals surface area contributed by atoms with E-state index in [1.54, 1.807) is 13.3 Å². The van der Waals surface area contributed by atoms with Crippen molar-refractivity contribution >= 4 is 28.7 Å². The zero-order valence-corrected chi connectivity index (χ0v) is 24.5. The van der Waals surface area contributed by atoms with Gasteiger partial charge in [-0.15, -0.1) is 0 Å². The van der Waals surface area contributed by atoms with Crippen LogP contribution in [0.5, 0.6) is 5.88 Å². The largest absolute Gasteiger partial charge is 0.480 e. The summed E-state index contributed by atoms with van der Waals surface area (Å²) in [5.41, 5.74) is 5.35. The van der Waals surface area contributed by atoms with Crippen LogP contribution in [0.1, 0.15) is 54.6 Å². The van der Waals surface area contributed by atoms with Crippen molar-refractivity contribution in [2.75, 3.05) is 30.5 Å². The van der Waals surface area contributed by atoms with E-state index in [1.807, 2.05) is 28.6 Å². The summed E-state index contributed by atoms with van der Waals surface area (Å²) in [6, 6.07) is 6.20. The highest BCUT2D eigenvalue weighted by Crippen LogP contribution is 2.45. The molecule has 0 spiro atoms. The van der Waals surface area contributed by atoms with Gasteiger partial charge in [-0.25, -0.2) is 24.9 Å². The number of likely N-dealkylation sites (N-methyl/N-ethyl adjacent to an activating group) is 1. The zero-order chi connectivity index (χ0) is 29.2. The Labute approximate surface area is 247 Å². The van der Waals surface area contributed by atoms with Crippen molar-refractivity contribution in [1.29, 1.82) is 0 Å². The maximum Gasteiger partial charge on any atom is 0.288 e. The van der Waals surface area contributed by atoms with Gasteiger partial charge in [0.05, 0.1) is 25.5 Å². The van der Waals surface area contributed by atoms with E-state index in [0.717, 1.165) is 77.0 Å². The van der Waals surface area contributed by atoms with Crippen molar-refractivity contribution in [2.45, 2.75) is 57.5 Å². The lowest BCUT2D eigenvalue weighted by atomic mass is 10.00. The fraction of sp³-hybridized carbons (Fsp3) is 0.400. The first-order chi connectivity index (χ1) is 20.2. The van der Waals surface area contributed by atoms with Gasteiger partial charge in [-0.2, -0.15) is 8.78 Å². The molecule has 0 atom stereocenters. The molecule has 0 unspecified atom stereocenters. The standard InChI is InChI=1S/C30H30F2N8OS/c1-30(31,32)22-14-39-10-4-5-19-11-17(6-9-20(19)27(39)36-22)13-40-15-23(42)38(2)21-12-33-26(37-28(21)40)24-25(18-7-8-18)34-16-35-29(24)41-3/h6,9,11-12,14,16,18H,4-5,7-8,10,13,15H2,1-3H3. The fourth-order valence-electron chi connectivity index (χ4n) is 5.82. The van der Waals surface area contributed by atoms with Crippen LogP contribution in [0.25, 0.3) is 22.8 Å². The van der Waals surface area contributed by atoms with Crippen molar-refractivity contribution < 1.29 is 13.5 Å². The first kappa shape index (κ1) is 26.8. The number of hydrogen-bond donors (Lipinski definition) is 0. The van der Waals surface area contributed by atoms with Gasteiger partial charge in [0.1, 0.15) is 34.1 Å². The summed E-state index contributed by atoms with van der Waals surface area (Å²) in [6.07, 6.45) is 8.65. The van der Waals surface area contributed by atoms with Crippen LogP contribution in [0.4, 0.5) is 20.3 Å². The number of ether oxygens (including phenoxy) is 1. The van der Waals surface area contributed by atoms with Gasteiger partial charge in [0.15, 0.2) is 11.6 Å². The Morgan fingerprint density at radius 2 is 1.98 bits per heavy atom. The van der Waals surface area contributed by atoms with Gasteiger partial charge in [-0.1, -0.05) is 30.4 Å². The molecular formula is C30H30F2N8OS. The van der Waals surface area contributed by atoms with Crippen LogP contribution in [0.3, 0.4) is 0 Å². The minimum Gasteiger partial charge on any atom is -0.480 e. The number of halogens is 2. The van der Waals surface area contributed by atoms with Gasteiger partial charge in [0.2, 0.25) is 5.88 Å².